The first-order chi connectivity index (χ1) is 11.3. The molecule has 132 valence electrons. The Bertz CT molecular complexity index is 557. The van der Waals surface area contributed by atoms with E-state index in [1.165, 1.54) is 0 Å². The average Bonchev–Trinajstić information content (AvgIpc) is 2.98. The second kappa shape index (κ2) is 8.15. The number of benzene rings is 1. The summed E-state index contributed by atoms with van der Waals surface area (Å²) in [7, 11) is 0. The molecule has 1 aliphatic heterocycles. The first-order valence-corrected chi connectivity index (χ1v) is 8.25. The first kappa shape index (κ1) is 18.3. The van der Waals surface area contributed by atoms with Crippen molar-refractivity contribution in [3.8, 4) is 0 Å². The van der Waals surface area contributed by atoms with Gasteiger partial charge in [0, 0.05) is 24.8 Å². The quantitative estimate of drug-likeness (QED) is 0.868. The van der Waals surface area contributed by atoms with E-state index in [9.17, 15) is 9.59 Å². The highest BCUT2D eigenvalue weighted by Gasteiger charge is 2.17. The Balaban J connectivity index is 1.76. The number of amides is 2. The molecule has 1 atom stereocenters. The molecule has 0 bridgehead atoms. The van der Waals surface area contributed by atoms with Crippen molar-refractivity contribution in [2.45, 2.75) is 39.2 Å². The maximum atomic E-state index is 11.9. The average molecular weight is 334 g/mol. The van der Waals surface area contributed by atoms with Crippen LogP contribution in [0, 0.1) is 5.92 Å². The summed E-state index contributed by atoms with van der Waals surface area (Å²) in [6.45, 7) is 7.61. The number of rotatable bonds is 5. The van der Waals surface area contributed by atoms with Gasteiger partial charge in [0.2, 0.25) is 5.91 Å². The molecule has 1 heterocycles. The summed E-state index contributed by atoms with van der Waals surface area (Å²) in [6, 6.07) is 7.17. The molecular weight excluding hydrogens is 308 g/mol. The fraction of sp³-hybridized carbons (Fsp3) is 0.556. The Morgan fingerprint density at radius 2 is 1.96 bits per heavy atom. The van der Waals surface area contributed by atoms with Crippen LogP contribution in [-0.4, -0.2) is 37.4 Å². The summed E-state index contributed by atoms with van der Waals surface area (Å²) in [6.07, 6.45) is 0.831. The lowest BCUT2D eigenvalue weighted by Crippen LogP contribution is -2.30. The lowest BCUT2D eigenvalue weighted by Gasteiger charge is -2.19. The molecule has 0 radical (unpaired) electrons. The van der Waals surface area contributed by atoms with Crippen LogP contribution in [0.15, 0.2) is 24.3 Å². The van der Waals surface area contributed by atoms with E-state index in [2.05, 4.69) is 10.6 Å². The van der Waals surface area contributed by atoms with Crippen LogP contribution in [0.25, 0.3) is 0 Å². The zero-order chi connectivity index (χ0) is 17.6. The highest BCUT2D eigenvalue weighted by molar-refractivity contribution is 5.85. The van der Waals surface area contributed by atoms with E-state index < -0.39 is 11.7 Å². The van der Waals surface area contributed by atoms with Crippen molar-refractivity contribution in [1.29, 1.82) is 0 Å². The van der Waals surface area contributed by atoms with Crippen molar-refractivity contribution in [3.63, 3.8) is 0 Å². The van der Waals surface area contributed by atoms with Gasteiger partial charge in [0.15, 0.2) is 0 Å². The van der Waals surface area contributed by atoms with Gasteiger partial charge < -0.3 is 14.8 Å². The lowest BCUT2D eigenvalue weighted by atomic mass is 10.1. The van der Waals surface area contributed by atoms with E-state index in [4.69, 9.17) is 9.47 Å². The summed E-state index contributed by atoms with van der Waals surface area (Å²) < 4.78 is 10.5. The third kappa shape index (κ3) is 6.58. The summed E-state index contributed by atoms with van der Waals surface area (Å²) in [4.78, 5) is 23.6. The predicted octanol–water partition coefficient (Wildman–Crippen LogP) is 2.73. The van der Waals surface area contributed by atoms with Gasteiger partial charge in [-0.15, -0.1) is 0 Å². The molecule has 6 heteroatoms. The molecule has 6 nitrogen and oxygen atoms in total. The van der Waals surface area contributed by atoms with Crippen molar-refractivity contribution in [2.75, 3.05) is 25.1 Å². The van der Waals surface area contributed by atoms with Gasteiger partial charge in [-0.1, -0.05) is 12.1 Å². The fourth-order valence-corrected chi connectivity index (χ4v) is 2.38. The Labute approximate surface area is 142 Å². The fourth-order valence-electron chi connectivity index (χ4n) is 2.38. The molecule has 0 spiro atoms. The van der Waals surface area contributed by atoms with E-state index in [1.807, 2.05) is 32.9 Å². The number of hydrogen-bond acceptors (Lipinski definition) is 4. The molecule has 24 heavy (non-hydrogen) atoms. The van der Waals surface area contributed by atoms with Gasteiger partial charge in [-0.25, -0.2) is 4.79 Å². The van der Waals surface area contributed by atoms with Gasteiger partial charge in [-0.2, -0.15) is 0 Å². The second-order valence-electron chi connectivity index (χ2n) is 7.03. The molecule has 1 fully saturated rings. The Kier molecular flexibility index (Phi) is 6.20. The lowest BCUT2D eigenvalue weighted by molar-refractivity contribution is -0.120. The standard InChI is InChI=1S/C18H26N2O4/c1-18(2,3)24-17(22)20-15-6-4-13(5-7-15)10-16(21)19-11-14-8-9-23-12-14/h4-7,14H,8-12H2,1-3H3,(H,19,21)(H,20,22). The predicted molar refractivity (Wildman–Crippen MR) is 91.9 cm³/mol. The van der Waals surface area contributed by atoms with Crippen molar-refractivity contribution in [1.82, 2.24) is 5.32 Å². The summed E-state index contributed by atoms with van der Waals surface area (Å²) >= 11 is 0. The number of carbonyl (C=O) groups excluding carboxylic acids is 2. The number of ether oxygens (including phenoxy) is 2. The minimum absolute atomic E-state index is 0.00486. The molecule has 2 N–H and O–H groups in total. The van der Waals surface area contributed by atoms with Crippen molar-refractivity contribution >= 4 is 17.7 Å². The van der Waals surface area contributed by atoms with Crippen LogP contribution in [0.1, 0.15) is 32.8 Å². The van der Waals surface area contributed by atoms with E-state index in [0.717, 1.165) is 25.2 Å². The number of hydrogen-bond donors (Lipinski definition) is 2. The molecule has 2 rings (SSSR count). The molecule has 1 aromatic rings. The van der Waals surface area contributed by atoms with Gasteiger partial charge in [0.25, 0.3) is 0 Å². The Morgan fingerprint density at radius 3 is 2.54 bits per heavy atom. The second-order valence-corrected chi connectivity index (χ2v) is 7.03. The van der Waals surface area contributed by atoms with Gasteiger partial charge in [0.1, 0.15) is 5.60 Å². The minimum atomic E-state index is -0.535. The van der Waals surface area contributed by atoms with Crippen LogP contribution >= 0.6 is 0 Å². The molecule has 0 aromatic heterocycles. The van der Waals surface area contributed by atoms with E-state index in [1.54, 1.807) is 12.1 Å². The molecule has 0 aliphatic carbocycles. The van der Waals surface area contributed by atoms with Gasteiger partial charge in [-0.05, 0) is 44.9 Å². The summed E-state index contributed by atoms with van der Waals surface area (Å²) in [5.41, 5.74) is 0.994. The molecular formula is C18H26N2O4. The van der Waals surface area contributed by atoms with E-state index in [-0.39, 0.29) is 5.91 Å². The van der Waals surface area contributed by atoms with Crippen molar-refractivity contribution < 1.29 is 19.1 Å². The Hall–Kier alpha value is -2.08. The number of anilines is 1. The molecule has 1 aromatic carbocycles. The summed E-state index contributed by atoms with van der Waals surface area (Å²) in [5.74, 6) is 0.420. The van der Waals surface area contributed by atoms with Crippen LogP contribution in [-0.2, 0) is 20.7 Å². The first-order valence-electron chi connectivity index (χ1n) is 8.25. The zero-order valence-corrected chi connectivity index (χ0v) is 14.6. The Morgan fingerprint density at radius 1 is 1.25 bits per heavy atom. The van der Waals surface area contributed by atoms with Crippen LogP contribution in [0.2, 0.25) is 0 Å². The normalized spacial score (nSPS) is 17.4. The molecule has 1 saturated heterocycles. The van der Waals surface area contributed by atoms with Crippen LogP contribution in [0.3, 0.4) is 0 Å². The highest BCUT2D eigenvalue weighted by atomic mass is 16.6. The number of carbonyl (C=O) groups is 2. The van der Waals surface area contributed by atoms with E-state index >= 15 is 0 Å². The van der Waals surface area contributed by atoms with Gasteiger partial charge in [-0.3, -0.25) is 10.1 Å². The SMILES string of the molecule is CC(C)(C)OC(=O)Nc1ccc(CC(=O)NCC2CCOC2)cc1. The molecule has 2 amide bonds. The zero-order valence-electron chi connectivity index (χ0n) is 14.6. The molecule has 1 aliphatic rings. The molecule has 1 unspecified atom stereocenters. The van der Waals surface area contributed by atoms with Gasteiger partial charge in [0.05, 0.1) is 13.0 Å². The maximum Gasteiger partial charge on any atom is 0.412 e. The monoisotopic (exact) mass is 334 g/mol. The van der Waals surface area contributed by atoms with Crippen LogP contribution in [0.4, 0.5) is 10.5 Å². The van der Waals surface area contributed by atoms with Crippen LogP contribution < -0.4 is 10.6 Å². The van der Waals surface area contributed by atoms with Crippen molar-refractivity contribution in [2.24, 2.45) is 5.92 Å². The maximum absolute atomic E-state index is 11.9. The van der Waals surface area contributed by atoms with E-state index in [0.29, 0.717) is 24.6 Å². The van der Waals surface area contributed by atoms with Crippen LogP contribution in [0.5, 0.6) is 0 Å². The van der Waals surface area contributed by atoms with Crippen molar-refractivity contribution in [3.05, 3.63) is 29.8 Å². The smallest absolute Gasteiger partial charge is 0.412 e. The topological polar surface area (TPSA) is 76.7 Å². The third-order valence-corrected chi connectivity index (χ3v) is 3.58. The minimum Gasteiger partial charge on any atom is -0.444 e. The highest BCUT2D eigenvalue weighted by Crippen LogP contribution is 2.14. The molecule has 0 saturated carbocycles. The largest absolute Gasteiger partial charge is 0.444 e. The van der Waals surface area contributed by atoms with Gasteiger partial charge >= 0.3 is 6.09 Å². The summed E-state index contributed by atoms with van der Waals surface area (Å²) in [5, 5.41) is 5.60. The number of nitrogens with one attached hydrogen (secondary N) is 2. The third-order valence-electron chi connectivity index (χ3n) is 3.58.